The van der Waals surface area contributed by atoms with Crippen LogP contribution in [0.15, 0.2) is 30.3 Å². The van der Waals surface area contributed by atoms with E-state index in [1.54, 1.807) is 12.1 Å². The lowest BCUT2D eigenvalue weighted by Crippen LogP contribution is -2.54. The highest BCUT2D eigenvalue weighted by Crippen LogP contribution is 2.30. The predicted molar refractivity (Wildman–Crippen MR) is 126 cm³/mol. The Hall–Kier alpha value is -4.39. The molecule has 1 aromatic heterocycles. The Morgan fingerprint density at radius 2 is 1.76 bits per heavy atom. The molecule has 0 bridgehead atoms. The van der Waals surface area contributed by atoms with Crippen LogP contribution in [0.5, 0.6) is 5.75 Å². The number of carboxylic acids is 1. The topological polar surface area (TPSA) is 162 Å². The Kier molecular flexibility index (Phi) is 6.53. The van der Waals surface area contributed by atoms with Crippen LogP contribution in [0.1, 0.15) is 44.0 Å². The molecule has 3 aliphatic rings. The minimum atomic E-state index is -1.12. The molecule has 1 aromatic carbocycles. The van der Waals surface area contributed by atoms with Crippen molar-refractivity contribution in [3.05, 3.63) is 47.2 Å². The van der Waals surface area contributed by atoms with Crippen molar-refractivity contribution >= 4 is 35.4 Å². The van der Waals surface area contributed by atoms with Gasteiger partial charge >= 0.3 is 5.97 Å². The smallest absolute Gasteiger partial charge is 0.356 e. The van der Waals surface area contributed by atoms with Crippen molar-refractivity contribution in [1.29, 1.82) is 0 Å². The minimum Gasteiger partial charge on any atom is -0.492 e. The highest BCUT2D eigenvalue weighted by atomic mass is 16.5. The molecular weight excluding hydrogens is 484 g/mol. The number of nitrogens with zero attached hydrogens (tertiary/aromatic N) is 5. The maximum absolute atomic E-state index is 12.9. The van der Waals surface area contributed by atoms with Crippen LogP contribution in [0.2, 0.25) is 0 Å². The number of rotatable bonds is 7. The molecule has 5 rings (SSSR count). The van der Waals surface area contributed by atoms with Crippen LogP contribution in [0, 0.1) is 0 Å². The Morgan fingerprint density at radius 1 is 1.00 bits per heavy atom. The summed E-state index contributed by atoms with van der Waals surface area (Å²) in [6.45, 7) is 3.92. The summed E-state index contributed by atoms with van der Waals surface area (Å²) in [5.41, 5.74) is 0.286. The third-order valence-electron chi connectivity index (χ3n) is 6.65. The van der Waals surface area contributed by atoms with E-state index >= 15 is 0 Å². The van der Waals surface area contributed by atoms with Crippen molar-refractivity contribution in [3.63, 3.8) is 0 Å². The molecule has 0 spiro atoms. The molecule has 1 atom stereocenters. The van der Waals surface area contributed by atoms with E-state index in [9.17, 15) is 24.0 Å². The number of piperazine rings is 1. The van der Waals surface area contributed by atoms with Crippen LogP contribution < -0.4 is 15.0 Å². The average Bonchev–Trinajstić information content (AvgIpc) is 3.14. The second kappa shape index (κ2) is 9.93. The largest absolute Gasteiger partial charge is 0.492 e. The van der Waals surface area contributed by atoms with Gasteiger partial charge in [-0.1, -0.05) is 0 Å². The van der Waals surface area contributed by atoms with E-state index in [1.165, 1.54) is 18.2 Å². The number of aromatic nitrogens is 2. The number of amides is 4. The lowest BCUT2D eigenvalue weighted by Gasteiger charge is -2.35. The lowest BCUT2D eigenvalue weighted by molar-refractivity contribution is -0.136. The van der Waals surface area contributed by atoms with Gasteiger partial charge in [-0.15, -0.1) is 10.2 Å². The van der Waals surface area contributed by atoms with Crippen molar-refractivity contribution in [2.24, 2.45) is 0 Å². The molecule has 4 amide bonds. The fraction of sp³-hybridized carbons (Fsp3) is 0.375. The molecule has 37 heavy (non-hydrogen) atoms. The number of carbonyl (C=O) groups excluding carboxylic acids is 4. The van der Waals surface area contributed by atoms with E-state index in [-0.39, 0.29) is 29.7 Å². The zero-order chi connectivity index (χ0) is 26.1. The molecule has 13 nitrogen and oxygen atoms in total. The molecule has 13 heteroatoms. The number of benzene rings is 1. The van der Waals surface area contributed by atoms with Gasteiger partial charge in [0.15, 0.2) is 11.5 Å². The van der Waals surface area contributed by atoms with Gasteiger partial charge in [0.2, 0.25) is 11.8 Å². The first-order valence-corrected chi connectivity index (χ1v) is 11.8. The highest BCUT2D eigenvalue weighted by molar-refractivity contribution is 6.23. The van der Waals surface area contributed by atoms with Gasteiger partial charge in [-0.05, 0) is 36.8 Å². The molecule has 1 unspecified atom stereocenters. The van der Waals surface area contributed by atoms with E-state index < -0.39 is 35.6 Å². The fourth-order valence-corrected chi connectivity index (χ4v) is 4.64. The first kappa shape index (κ1) is 24.3. The van der Waals surface area contributed by atoms with E-state index in [4.69, 9.17) is 9.84 Å². The lowest BCUT2D eigenvalue weighted by atomic mass is 10.0. The van der Waals surface area contributed by atoms with Gasteiger partial charge in [0.05, 0.1) is 11.1 Å². The van der Waals surface area contributed by atoms with Crippen LogP contribution in [0.25, 0.3) is 0 Å². The predicted octanol–water partition coefficient (Wildman–Crippen LogP) is -0.223. The van der Waals surface area contributed by atoms with Gasteiger partial charge < -0.3 is 14.7 Å². The number of fused-ring (bicyclic) bond motifs is 1. The van der Waals surface area contributed by atoms with Gasteiger partial charge in [-0.3, -0.25) is 34.3 Å². The van der Waals surface area contributed by atoms with E-state index in [1.807, 2.05) is 4.90 Å². The number of hydrogen-bond donors (Lipinski definition) is 2. The molecule has 2 aromatic rings. The van der Waals surface area contributed by atoms with Gasteiger partial charge in [-0.25, -0.2) is 4.79 Å². The van der Waals surface area contributed by atoms with Crippen LogP contribution in [0.3, 0.4) is 0 Å². The number of ether oxygens (including phenoxy) is 1. The first-order valence-electron chi connectivity index (χ1n) is 11.8. The molecule has 4 heterocycles. The van der Waals surface area contributed by atoms with Crippen LogP contribution >= 0.6 is 0 Å². The molecule has 2 N–H and O–H groups in total. The number of hydrogen-bond acceptors (Lipinski definition) is 10. The Morgan fingerprint density at radius 3 is 2.43 bits per heavy atom. The van der Waals surface area contributed by atoms with E-state index in [0.717, 1.165) is 18.0 Å². The number of anilines is 1. The summed E-state index contributed by atoms with van der Waals surface area (Å²) in [4.78, 5) is 65.4. The van der Waals surface area contributed by atoms with E-state index in [0.29, 0.717) is 37.8 Å². The second-order valence-electron chi connectivity index (χ2n) is 8.91. The first-order chi connectivity index (χ1) is 17.8. The van der Waals surface area contributed by atoms with Crippen molar-refractivity contribution in [2.75, 3.05) is 44.2 Å². The van der Waals surface area contributed by atoms with Crippen LogP contribution in [-0.2, 0) is 9.59 Å². The van der Waals surface area contributed by atoms with Gasteiger partial charge in [0.25, 0.3) is 11.8 Å². The minimum absolute atomic E-state index is 0.0663. The molecule has 2 saturated heterocycles. The number of nitrogens with one attached hydrogen (secondary N) is 1. The maximum Gasteiger partial charge on any atom is 0.356 e. The summed E-state index contributed by atoms with van der Waals surface area (Å²) < 4.78 is 5.84. The van der Waals surface area contributed by atoms with Gasteiger partial charge in [0.1, 0.15) is 18.4 Å². The quantitative estimate of drug-likeness (QED) is 0.475. The van der Waals surface area contributed by atoms with Crippen LogP contribution in [0.4, 0.5) is 5.82 Å². The normalized spacial score (nSPS) is 20.2. The Bertz CT molecular complexity index is 1270. The fourth-order valence-electron chi connectivity index (χ4n) is 4.64. The third kappa shape index (κ3) is 4.85. The van der Waals surface area contributed by atoms with Gasteiger partial charge in [0, 0.05) is 39.1 Å². The molecule has 0 radical (unpaired) electrons. The number of imide groups is 2. The average molecular weight is 508 g/mol. The molecular formula is C24H24N6O7. The van der Waals surface area contributed by atoms with E-state index in [2.05, 4.69) is 20.4 Å². The SMILES string of the molecule is O=C1CCC(N2C(=O)c3ccc(OCCN4CCN(c5ccc(C(=O)O)nn5)CC4)cc3C2=O)C(=O)N1. The number of carboxylic acid groups (broad SMARTS) is 1. The van der Waals surface area contributed by atoms with Crippen LogP contribution in [-0.4, -0.2) is 100 Å². The van der Waals surface area contributed by atoms with Crippen molar-refractivity contribution in [2.45, 2.75) is 18.9 Å². The van der Waals surface area contributed by atoms with Gasteiger partial charge in [-0.2, -0.15) is 0 Å². The standard InChI is InChI=1S/C24H24N6O7/c31-20-6-4-18(21(32)25-20)30-22(33)15-2-1-14(13-16(15)23(30)34)37-12-11-28-7-9-29(10-8-28)19-5-3-17(24(35)36)26-27-19/h1-3,5,13,18H,4,6-12H2,(H,35,36)(H,25,31,32). The molecule has 192 valence electrons. The summed E-state index contributed by atoms with van der Waals surface area (Å²) in [5, 5.41) is 18.8. The van der Waals surface area contributed by atoms with Crippen molar-refractivity contribution in [1.82, 2.24) is 25.3 Å². The molecule has 3 aliphatic heterocycles. The second-order valence-corrected chi connectivity index (χ2v) is 8.91. The number of aromatic carboxylic acids is 1. The maximum atomic E-state index is 12.9. The summed E-state index contributed by atoms with van der Waals surface area (Å²) in [7, 11) is 0. The summed E-state index contributed by atoms with van der Waals surface area (Å²) in [6, 6.07) is 6.73. The number of carbonyl (C=O) groups is 5. The Labute approximate surface area is 211 Å². The number of piperidine rings is 1. The summed E-state index contributed by atoms with van der Waals surface area (Å²) in [5.74, 6) is -2.24. The summed E-state index contributed by atoms with van der Waals surface area (Å²) in [6.07, 6.45) is 0.170. The molecule has 0 aliphatic carbocycles. The highest BCUT2D eigenvalue weighted by Gasteiger charge is 2.44. The van der Waals surface area contributed by atoms with Crippen molar-refractivity contribution < 1.29 is 33.8 Å². The Balaban J connectivity index is 1.13. The third-order valence-corrected chi connectivity index (χ3v) is 6.65. The molecule has 0 saturated carbocycles. The zero-order valence-electron chi connectivity index (χ0n) is 19.8. The van der Waals surface area contributed by atoms with Crippen molar-refractivity contribution in [3.8, 4) is 5.75 Å². The summed E-state index contributed by atoms with van der Waals surface area (Å²) >= 11 is 0. The monoisotopic (exact) mass is 508 g/mol. The molecule has 2 fully saturated rings. The zero-order valence-corrected chi connectivity index (χ0v) is 19.8.